The Morgan fingerprint density at radius 2 is 2.23 bits per heavy atom. The number of hydrogen-bond donors (Lipinski definition) is 3. The molecule has 0 bridgehead atoms. The highest BCUT2D eigenvalue weighted by atomic mass is 16.3. The average Bonchev–Trinajstić information content (AvgIpc) is 2.49. The van der Waals surface area contributed by atoms with Crippen molar-refractivity contribution in [2.45, 2.75) is 38.7 Å². The summed E-state index contributed by atoms with van der Waals surface area (Å²) in [5.74, 6) is 0.112. The second-order valence-corrected chi connectivity index (χ2v) is 6.24. The summed E-state index contributed by atoms with van der Waals surface area (Å²) in [6.07, 6.45) is 1.69. The first-order valence-electron chi connectivity index (χ1n) is 7.85. The third-order valence-corrected chi connectivity index (χ3v) is 4.57. The summed E-state index contributed by atoms with van der Waals surface area (Å²) < 4.78 is 0. The molecule has 1 aromatic rings. The van der Waals surface area contributed by atoms with Gasteiger partial charge in [-0.2, -0.15) is 0 Å². The normalized spacial score (nSPS) is 25.2. The maximum absolute atomic E-state index is 12.5. The summed E-state index contributed by atoms with van der Waals surface area (Å²) >= 11 is 0. The molecule has 0 aliphatic carbocycles. The number of benzene rings is 1. The van der Waals surface area contributed by atoms with Crippen molar-refractivity contribution < 1.29 is 20.1 Å². The minimum Gasteiger partial charge on any atom is -0.508 e. The monoisotopic (exact) mass is 307 g/mol. The van der Waals surface area contributed by atoms with Gasteiger partial charge in [0.2, 0.25) is 5.91 Å². The maximum Gasteiger partial charge on any atom is 0.227 e. The van der Waals surface area contributed by atoms with E-state index in [1.54, 1.807) is 23.1 Å². The quantitative estimate of drug-likeness (QED) is 0.766. The van der Waals surface area contributed by atoms with Crippen LogP contribution in [0.25, 0.3) is 0 Å². The van der Waals surface area contributed by atoms with Crippen LogP contribution in [0.4, 0.5) is 0 Å². The standard InChI is InChI=1S/C17H25NO4/c1-2-7-17(12-19)11-18(8-6-15(17)21)16(22)10-13-4-3-5-14(20)9-13/h3-5,9,15,19-21H,2,6-8,10-12H2,1H3/t15-,17-/m0/s1. The van der Waals surface area contributed by atoms with Crippen LogP contribution in [-0.2, 0) is 11.2 Å². The molecule has 1 saturated heterocycles. The van der Waals surface area contributed by atoms with Gasteiger partial charge >= 0.3 is 0 Å². The number of hydrogen-bond acceptors (Lipinski definition) is 4. The first-order valence-corrected chi connectivity index (χ1v) is 7.85. The summed E-state index contributed by atoms with van der Waals surface area (Å²) in [4.78, 5) is 14.2. The highest BCUT2D eigenvalue weighted by Gasteiger charge is 2.42. The van der Waals surface area contributed by atoms with Gasteiger partial charge in [-0.15, -0.1) is 0 Å². The summed E-state index contributed by atoms with van der Waals surface area (Å²) in [6.45, 7) is 2.79. The molecular weight excluding hydrogens is 282 g/mol. The van der Waals surface area contributed by atoms with Crippen molar-refractivity contribution in [2.75, 3.05) is 19.7 Å². The Hall–Kier alpha value is -1.59. The number of aromatic hydroxyl groups is 1. The molecule has 0 aromatic heterocycles. The van der Waals surface area contributed by atoms with Gasteiger partial charge in [-0.3, -0.25) is 4.79 Å². The van der Waals surface area contributed by atoms with Crippen molar-refractivity contribution in [1.82, 2.24) is 4.90 Å². The van der Waals surface area contributed by atoms with Gasteiger partial charge in [0.25, 0.3) is 0 Å². The van der Waals surface area contributed by atoms with Crippen molar-refractivity contribution in [2.24, 2.45) is 5.41 Å². The van der Waals surface area contributed by atoms with Crippen molar-refractivity contribution in [1.29, 1.82) is 0 Å². The van der Waals surface area contributed by atoms with Crippen LogP contribution in [0.1, 0.15) is 31.7 Å². The van der Waals surface area contributed by atoms with Crippen LogP contribution < -0.4 is 0 Å². The summed E-state index contributed by atoms with van der Waals surface area (Å²) in [5, 5.41) is 29.5. The molecule has 0 spiro atoms. The maximum atomic E-state index is 12.5. The molecule has 1 fully saturated rings. The van der Waals surface area contributed by atoms with Crippen LogP contribution in [0.15, 0.2) is 24.3 Å². The number of likely N-dealkylation sites (tertiary alicyclic amines) is 1. The fourth-order valence-electron chi connectivity index (χ4n) is 3.29. The zero-order valence-corrected chi connectivity index (χ0v) is 13.0. The van der Waals surface area contributed by atoms with E-state index < -0.39 is 11.5 Å². The number of phenols is 1. The highest BCUT2D eigenvalue weighted by molar-refractivity contribution is 5.79. The first kappa shape index (κ1) is 16.8. The third kappa shape index (κ3) is 3.59. The van der Waals surface area contributed by atoms with E-state index in [1.807, 2.05) is 13.0 Å². The van der Waals surface area contributed by atoms with E-state index in [0.717, 1.165) is 12.0 Å². The Morgan fingerprint density at radius 3 is 2.86 bits per heavy atom. The molecule has 1 amide bonds. The predicted octanol–water partition coefficient (Wildman–Crippen LogP) is 1.31. The summed E-state index contributed by atoms with van der Waals surface area (Å²) in [7, 11) is 0. The molecule has 22 heavy (non-hydrogen) atoms. The number of aliphatic hydroxyl groups excluding tert-OH is 2. The second-order valence-electron chi connectivity index (χ2n) is 6.24. The number of nitrogens with zero attached hydrogens (tertiary/aromatic N) is 1. The number of carbonyl (C=O) groups excluding carboxylic acids is 1. The topological polar surface area (TPSA) is 81.0 Å². The second kappa shape index (κ2) is 7.11. The summed E-state index contributed by atoms with van der Waals surface area (Å²) in [6, 6.07) is 6.68. The molecule has 5 heteroatoms. The van der Waals surface area contributed by atoms with Crippen LogP contribution in [0.3, 0.4) is 0 Å². The van der Waals surface area contributed by atoms with E-state index in [1.165, 1.54) is 0 Å². The Morgan fingerprint density at radius 1 is 1.45 bits per heavy atom. The van der Waals surface area contributed by atoms with E-state index in [-0.39, 0.29) is 24.7 Å². The van der Waals surface area contributed by atoms with Gasteiger partial charge < -0.3 is 20.2 Å². The molecule has 1 heterocycles. The van der Waals surface area contributed by atoms with E-state index in [0.29, 0.717) is 25.9 Å². The molecule has 2 atom stereocenters. The number of amides is 1. The average molecular weight is 307 g/mol. The molecule has 1 aromatic carbocycles. The molecule has 3 N–H and O–H groups in total. The van der Waals surface area contributed by atoms with Crippen molar-refractivity contribution in [3.8, 4) is 5.75 Å². The van der Waals surface area contributed by atoms with Gasteiger partial charge in [0, 0.05) is 18.5 Å². The lowest BCUT2D eigenvalue weighted by atomic mass is 9.74. The van der Waals surface area contributed by atoms with Crippen LogP contribution in [-0.4, -0.2) is 51.9 Å². The minimum absolute atomic E-state index is 0.0357. The van der Waals surface area contributed by atoms with Crippen molar-refractivity contribution in [3.63, 3.8) is 0 Å². The highest BCUT2D eigenvalue weighted by Crippen LogP contribution is 2.34. The molecule has 1 aliphatic heterocycles. The molecule has 0 saturated carbocycles. The lowest BCUT2D eigenvalue weighted by molar-refractivity contribution is -0.141. The van der Waals surface area contributed by atoms with E-state index >= 15 is 0 Å². The molecule has 0 radical (unpaired) electrons. The van der Waals surface area contributed by atoms with Crippen LogP contribution in [0.2, 0.25) is 0 Å². The smallest absolute Gasteiger partial charge is 0.227 e. The molecule has 5 nitrogen and oxygen atoms in total. The Bertz CT molecular complexity index is 519. The molecule has 2 rings (SSSR count). The lowest BCUT2D eigenvalue weighted by Crippen LogP contribution is -2.55. The van der Waals surface area contributed by atoms with E-state index in [9.17, 15) is 20.1 Å². The zero-order chi connectivity index (χ0) is 16.2. The fourth-order valence-corrected chi connectivity index (χ4v) is 3.29. The zero-order valence-electron chi connectivity index (χ0n) is 13.0. The van der Waals surface area contributed by atoms with Gasteiger partial charge in [0.05, 0.1) is 19.1 Å². The van der Waals surface area contributed by atoms with Gasteiger partial charge in [-0.1, -0.05) is 25.5 Å². The first-order chi connectivity index (χ1) is 10.5. The van der Waals surface area contributed by atoms with Gasteiger partial charge in [0.15, 0.2) is 0 Å². The van der Waals surface area contributed by atoms with Gasteiger partial charge in [-0.05, 0) is 30.5 Å². The molecule has 1 aliphatic rings. The number of phenolic OH excluding ortho intramolecular Hbond substituents is 1. The Balaban J connectivity index is 2.07. The Kier molecular flexibility index (Phi) is 5.42. The lowest BCUT2D eigenvalue weighted by Gasteiger charge is -2.45. The van der Waals surface area contributed by atoms with Crippen molar-refractivity contribution in [3.05, 3.63) is 29.8 Å². The summed E-state index contributed by atoms with van der Waals surface area (Å²) in [5.41, 5.74) is 0.155. The number of rotatable bonds is 5. The van der Waals surface area contributed by atoms with E-state index in [2.05, 4.69) is 0 Å². The van der Waals surface area contributed by atoms with Crippen LogP contribution >= 0.6 is 0 Å². The third-order valence-electron chi connectivity index (χ3n) is 4.57. The molecular formula is C17H25NO4. The molecule has 0 unspecified atom stereocenters. The number of aliphatic hydroxyl groups is 2. The van der Waals surface area contributed by atoms with Gasteiger partial charge in [0.1, 0.15) is 5.75 Å². The fraction of sp³-hybridized carbons (Fsp3) is 0.588. The predicted molar refractivity (Wildman–Crippen MR) is 83.4 cm³/mol. The largest absolute Gasteiger partial charge is 0.508 e. The minimum atomic E-state index is -0.610. The Labute approximate surface area is 131 Å². The number of piperidine rings is 1. The van der Waals surface area contributed by atoms with Crippen LogP contribution in [0, 0.1) is 5.41 Å². The number of carbonyl (C=O) groups is 1. The molecule has 122 valence electrons. The van der Waals surface area contributed by atoms with Crippen LogP contribution in [0.5, 0.6) is 5.75 Å². The van der Waals surface area contributed by atoms with E-state index in [4.69, 9.17) is 0 Å². The SMILES string of the molecule is CCC[C@@]1(CO)CN(C(=O)Cc2cccc(O)c2)CC[C@@H]1O. The van der Waals surface area contributed by atoms with Gasteiger partial charge in [-0.25, -0.2) is 0 Å². The van der Waals surface area contributed by atoms with Crippen molar-refractivity contribution >= 4 is 5.91 Å².